The molecule has 45 heavy (non-hydrogen) atoms. The molecule has 0 saturated carbocycles. The standard InChI is InChI=1S/C21H23N5OS.C12H14ClN3S/c1-26(2)14-4-5-15-18(8-14)28-21-19(15)20(23-11-24-21)25-16-6-12-9-22-10-13(12)7-17(16)27-3;1-16(2)7-3-4-8-9(5-7)17-12-10(8)11(13)14-6-15-12/h6-7,9,11,14H,4-5,8,10H2,1-3H3,(H,23,24,25);6-7H,3-5H2,1-2H3. The normalized spacial score (nSPS) is 18.6. The highest BCUT2D eigenvalue weighted by Crippen LogP contribution is 2.41. The maximum Gasteiger partial charge on any atom is 0.142 e. The molecule has 2 aliphatic carbocycles. The number of aromatic nitrogens is 4. The average Bonchev–Trinajstić information content (AvgIpc) is 3.75. The molecule has 1 N–H and O–H groups in total. The number of anilines is 2. The van der Waals surface area contributed by atoms with Crippen molar-refractivity contribution < 1.29 is 4.74 Å². The largest absolute Gasteiger partial charge is 0.495 e. The number of halogens is 1. The van der Waals surface area contributed by atoms with Crippen LogP contribution < -0.4 is 10.1 Å². The first-order valence-corrected chi connectivity index (χ1v) is 17.3. The molecule has 3 aliphatic rings. The fourth-order valence-corrected chi connectivity index (χ4v) is 9.48. The van der Waals surface area contributed by atoms with Crippen LogP contribution in [0.15, 0.2) is 29.8 Å². The number of hydrogen-bond acceptors (Lipinski definition) is 11. The minimum absolute atomic E-state index is 0.598. The SMILES string of the molecule is CN(C)C1CCc2c(sc3ncnc(Cl)c23)C1.COc1cc2c(cc1Nc1ncnc3sc4c(c13)CCC(N(C)C)C4)C=NC2. The predicted octanol–water partition coefficient (Wildman–Crippen LogP) is 6.56. The number of nitrogens with one attached hydrogen (secondary N) is 1. The highest BCUT2D eigenvalue weighted by molar-refractivity contribution is 7.19. The van der Waals surface area contributed by atoms with Crippen LogP contribution in [0.4, 0.5) is 11.5 Å². The van der Waals surface area contributed by atoms with Crippen LogP contribution in [0.2, 0.25) is 5.15 Å². The number of aliphatic imine (C=N–C) groups is 1. The molecular formula is C33H37ClN8OS2. The maximum atomic E-state index is 6.18. The molecule has 1 aliphatic heterocycles. The van der Waals surface area contributed by atoms with Crippen molar-refractivity contribution in [2.75, 3.05) is 40.6 Å². The van der Waals surface area contributed by atoms with Gasteiger partial charge in [0.05, 0.1) is 30.1 Å². The fraction of sp³-hybridized carbons (Fsp3) is 0.424. The minimum atomic E-state index is 0.598. The van der Waals surface area contributed by atoms with E-state index in [1.807, 2.05) is 6.21 Å². The molecule has 0 spiro atoms. The van der Waals surface area contributed by atoms with E-state index in [0.717, 1.165) is 75.5 Å². The molecule has 1 aromatic carbocycles. The van der Waals surface area contributed by atoms with Crippen molar-refractivity contribution in [3.8, 4) is 5.75 Å². The van der Waals surface area contributed by atoms with Gasteiger partial charge in [0.15, 0.2) is 0 Å². The number of aryl methyl sites for hydroxylation is 2. The average molecular weight is 661 g/mol. The third-order valence-corrected chi connectivity index (χ3v) is 11.9. The van der Waals surface area contributed by atoms with Gasteiger partial charge in [0, 0.05) is 28.1 Å². The van der Waals surface area contributed by atoms with Crippen LogP contribution in [0.3, 0.4) is 0 Å². The Morgan fingerprint density at radius 2 is 1.47 bits per heavy atom. The molecule has 0 saturated heterocycles. The molecule has 4 aromatic heterocycles. The Labute approximate surface area is 276 Å². The van der Waals surface area contributed by atoms with Crippen molar-refractivity contribution in [2.45, 2.75) is 57.2 Å². The van der Waals surface area contributed by atoms with Crippen molar-refractivity contribution in [1.29, 1.82) is 0 Å². The molecule has 2 atom stereocenters. The molecule has 0 radical (unpaired) electrons. The second kappa shape index (κ2) is 12.5. The van der Waals surface area contributed by atoms with E-state index in [1.165, 1.54) is 39.3 Å². The summed E-state index contributed by atoms with van der Waals surface area (Å²) in [5.41, 5.74) is 6.03. The number of fused-ring (bicyclic) bond motifs is 7. The third kappa shape index (κ3) is 5.81. The Balaban J connectivity index is 0.000000163. The Kier molecular flexibility index (Phi) is 8.47. The molecule has 5 heterocycles. The maximum absolute atomic E-state index is 6.18. The molecule has 0 amide bonds. The molecule has 0 bridgehead atoms. The number of hydrogen-bond donors (Lipinski definition) is 1. The Hall–Kier alpha value is -3.22. The van der Waals surface area contributed by atoms with E-state index in [-0.39, 0.29) is 0 Å². The van der Waals surface area contributed by atoms with Gasteiger partial charge < -0.3 is 19.9 Å². The molecule has 0 fully saturated rings. The lowest BCUT2D eigenvalue weighted by Gasteiger charge is -2.28. The lowest BCUT2D eigenvalue weighted by molar-refractivity contribution is 0.270. The number of methoxy groups -OCH3 is 1. The zero-order chi connectivity index (χ0) is 31.2. The van der Waals surface area contributed by atoms with Crippen LogP contribution in [0.5, 0.6) is 5.75 Å². The summed E-state index contributed by atoms with van der Waals surface area (Å²) in [6.07, 6.45) is 11.8. The first kappa shape index (κ1) is 30.4. The van der Waals surface area contributed by atoms with E-state index in [4.69, 9.17) is 16.3 Å². The number of nitrogens with zero attached hydrogens (tertiary/aromatic N) is 7. The second-order valence-corrected chi connectivity index (χ2v) is 14.8. The number of rotatable bonds is 5. The van der Waals surface area contributed by atoms with Crippen LogP contribution in [-0.4, -0.2) is 83.3 Å². The van der Waals surface area contributed by atoms with Gasteiger partial charge in [0.1, 0.15) is 39.0 Å². The van der Waals surface area contributed by atoms with Crippen molar-refractivity contribution in [2.24, 2.45) is 4.99 Å². The van der Waals surface area contributed by atoms with E-state index in [0.29, 0.717) is 17.2 Å². The summed E-state index contributed by atoms with van der Waals surface area (Å²) in [6, 6.07) is 5.40. The fourth-order valence-electron chi connectivity index (χ4n) is 6.66. The van der Waals surface area contributed by atoms with E-state index >= 15 is 0 Å². The number of ether oxygens (including phenoxy) is 1. The minimum Gasteiger partial charge on any atom is -0.495 e. The molecule has 8 rings (SSSR count). The van der Waals surface area contributed by atoms with Gasteiger partial charge in [-0.15, -0.1) is 22.7 Å². The summed E-state index contributed by atoms with van der Waals surface area (Å²) >= 11 is 9.76. The van der Waals surface area contributed by atoms with Crippen LogP contribution >= 0.6 is 34.3 Å². The number of benzene rings is 1. The summed E-state index contributed by atoms with van der Waals surface area (Å²) in [5, 5.41) is 6.38. The zero-order valence-corrected chi connectivity index (χ0v) is 28.6. The van der Waals surface area contributed by atoms with Gasteiger partial charge in [-0.25, -0.2) is 19.9 Å². The highest BCUT2D eigenvalue weighted by atomic mass is 35.5. The Morgan fingerprint density at radius 3 is 2.11 bits per heavy atom. The van der Waals surface area contributed by atoms with E-state index in [9.17, 15) is 0 Å². The quantitative estimate of drug-likeness (QED) is 0.212. The third-order valence-electron chi connectivity index (χ3n) is 9.26. The lowest BCUT2D eigenvalue weighted by Crippen LogP contribution is -2.32. The summed E-state index contributed by atoms with van der Waals surface area (Å²) in [6.45, 7) is 0.717. The Morgan fingerprint density at radius 1 is 0.844 bits per heavy atom. The van der Waals surface area contributed by atoms with Gasteiger partial charge in [-0.1, -0.05) is 11.6 Å². The highest BCUT2D eigenvalue weighted by Gasteiger charge is 2.27. The monoisotopic (exact) mass is 660 g/mol. The first-order chi connectivity index (χ1) is 21.8. The van der Waals surface area contributed by atoms with E-state index in [2.05, 4.69) is 80.4 Å². The number of thiophene rings is 2. The molecule has 234 valence electrons. The van der Waals surface area contributed by atoms with Gasteiger partial charge in [0.2, 0.25) is 0 Å². The second-order valence-electron chi connectivity index (χ2n) is 12.3. The van der Waals surface area contributed by atoms with Crippen LogP contribution in [0.1, 0.15) is 44.8 Å². The van der Waals surface area contributed by atoms with E-state index < -0.39 is 0 Å². The van der Waals surface area contributed by atoms with Crippen LogP contribution in [-0.2, 0) is 32.2 Å². The molecule has 9 nitrogen and oxygen atoms in total. The Bertz CT molecular complexity index is 1920. The first-order valence-electron chi connectivity index (χ1n) is 15.3. The van der Waals surface area contributed by atoms with E-state index in [1.54, 1.807) is 42.4 Å². The molecule has 12 heteroatoms. The van der Waals surface area contributed by atoms with Crippen molar-refractivity contribution in [1.82, 2.24) is 29.7 Å². The summed E-state index contributed by atoms with van der Waals surface area (Å²) in [4.78, 5) is 31.5. The van der Waals surface area contributed by atoms with Crippen molar-refractivity contribution >= 4 is 72.4 Å². The zero-order valence-electron chi connectivity index (χ0n) is 26.2. The van der Waals surface area contributed by atoms with Gasteiger partial charge in [-0.05, 0) is 101 Å². The van der Waals surface area contributed by atoms with Crippen LogP contribution in [0, 0.1) is 0 Å². The van der Waals surface area contributed by atoms with Crippen molar-refractivity contribution in [3.05, 3.63) is 61.9 Å². The van der Waals surface area contributed by atoms with Gasteiger partial charge >= 0.3 is 0 Å². The predicted molar refractivity (Wildman–Crippen MR) is 186 cm³/mol. The molecule has 2 unspecified atom stereocenters. The van der Waals surface area contributed by atoms with Crippen molar-refractivity contribution in [3.63, 3.8) is 0 Å². The smallest absolute Gasteiger partial charge is 0.142 e. The van der Waals surface area contributed by atoms with Gasteiger partial charge in [0.25, 0.3) is 0 Å². The topological polar surface area (TPSA) is 91.7 Å². The summed E-state index contributed by atoms with van der Waals surface area (Å²) in [7, 11) is 10.3. The van der Waals surface area contributed by atoms with Crippen LogP contribution in [0.25, 0.3) is 20.4 Å². The number of likely N-dealkylation sites (N-methyl/N-ethyl adjacent to an activating group) is 2. The summed E-state index contributed by atoms with van der Waals surface area (Å²) in [5.74, 6) is 1.67. The van der Waals surface area contributed by atoms with Gasteiger partial charge in [-0.2, -0.15) is 0 Å². The lowest BCUT2D eigenvalue weighted by atomic mass is 9.92. The summed E-state index contributed by atoms with van der Waals surface area (Å²) < 4.78 is 5.63. The van der Waals surface area contributed by atoms with Gasteiger partial charge in [-0.3, -0.25) is 4.99 Å². The molecular weight excluding hydrogens is 624 g/mol. The molecule has 5 aromatic rings.